The van der Waals surface area contributed by atoms with Crippen LogP contribution in [0.5, 0.6) is 0 Å². The van der Waals surface area contributed by atoms with Crippen molar-refractivity contribution in [2.75, 3.05) is 6.61 Å². The Kier molecular flexibility index (Phi) is 10.00. The molecule has 0 radical (unpaired) electrons. The van der Waals surface area contributed by atoms with Gasteiger partial charge >= 0.3 is 0 Å². The van der Waals surface area contributed by atoms with Crippen molar-refractivity contribution < 1.29 is 9.53 Å². The molecule has 4 nitrogen and oxygen atoms in total. The quantitative estimate of drug-likeness (QED) is 0.459. The second kappa shape index (κ2) is 11.9. The Labute approximate surface area is 140 Å². The molecule has 3 N–H and O–H groups in total. The zero-order valence-electron chi connectivity index (χ0n) is 14.2. The smallest absolute Gasteiger partial charge is 0.246 e. The minimum atomic E-state index is -0.103. The van der Waals surface area contributed by atoms with Crippen LogP contribution >= 0.6 is 0 Å². The maximum Gasteiger partial charge on any atom is 0.246 e. The number of benzene rings is 1. The van der Waals surface area contributed by atoms with Crippen LogP contribution in [0, 0.1) is 0 Å². The van der Waals surface area contributed by atoms with Gasteiger partial charge in [-0.1, -0.05) is 62.9 Å². The molecule has 0 bridgehead atoms. The third-order valence-electron chi connectivity index (χ3n) is 3.78. The van der Waals surface area contributed by atoms with Crippen molar-refractivity contribution >= 4 is 5.91 Å². The minimum Gasteiger partial charge on any atom is -0.364 e. The molecule has 1 amide bonds. The van der Waals surface area contributed by atoms with E-state index in [4.69, 9.17) is 10.5 Å². The highest BCUT2D eigenvalue weighted by molar-refractivity contribution is 5.77. The second-order valence-electron chi connectivity index (χ2n) is 5.73. The first-order valence-corrected chi connectivity index (χ1v) is 8.48. The van der Waals surface area contributed by atoms with Crippen molar-refractivity contribution in [3.63, 3.8) is 0 Å². The van der Waals surface area contributed by atoms with Crippen LogP contribution in [0.25, 0.3) is 0 Å². The van der Waals surface area contributed by atoms with Crippen molar-refractivity contribution in [3.05, 3.63) is 48.0 Å². The normalized spacial score (nSPS) is 11.9. The molecular weight excluding hydrogens is 288 g/mol. The topological polar surface area (TPSA) is 64.3 Å². The van der Waals surface area contributed by atoms with E-state index < -0.39 is 0 Å². The van der Waals surface area contributed by atoms with Gasteiger partial charge in [-0.3, -0.25) is 4.79 Å². The van der Waals surface area contributed by atoms with Gasteiger partial charge in [0, 0.05) is 13.1 Å². The lowest BCUT2D eigenvalue weighted by Gasteiger charge is -2.14. The van der Waals surface area contributed by atoms with Crippen LogP contribution < -0.4 is 11.1 Å². The highest BCUT2D eigenvalue weighted by Gasteiger charge is 2.08. The number of carbonyl (C=O) groups is 1. The van der Waals surface area contributed by atoms with Crippen molar-refractivity contribution in [2.24, 2.45) is 5.73 Å². The average molecular weight is 318 g/mol. The zero-order valence-corrected chi connectivity index (χ0v) is 14.2. The first-order chi connectivity index (χ1) is 11.2. The lowest BCUT2D eigenvalue weighted by atomic mass is 10.1. The summed E-state index contributed by atoms with van der Waals surface area (Å²) in [4.78, 5) is 11.8. The molecule has 23 heavy (non-hydrogen) atoms. The van der Waals surface area contributed by atoms with Crippen LogP contribution in [0.4, 0.5) is 0 Å². The van der Waals surface area contributed by atoms with Crippen molar-refractivity contribution in [1.29, 1.82) is 0 Å². The van der Waals surface area contributed by atoms with E-state index in [2.05, 4.69) is 18.8 Å². The number of rotatable bonds is 12. The molecule has 128 valence electrons. The van der Waals surface area contributed by atoms with E-state index >= 15 is 0 Å². The molecular formula is C19H30N2O2. The molecule has 0 saturated heterocycles. The van der Waals surface area contributed by atoms with Gasteiger partial charge in [0.05, 0.1) is 6.10 Å². The standard InChI is InChI=1S/C19H30N2O2/c1-3-5-6-7-8-18(4-2)23-15-19(22)21-14-17-11-9-16(13-20)10-12-17/h4,9-12,18H,2-3,5-8,13-15,20H2,1H3,(H,21,22). The van der Waals surface area contributed by atoms with E-state index in [9.17, 15) is 4.79 Å². The fourth-order valence-electron chi connectivity index (χ4n) is 2.27. The van der Waals surface area contributed by atoms with Gasteiger partial charge < -0.3 is 15.8 Å². The van der Waals surface area contributed by atoms with Gasteiger partial charge in [0.25, 0.3) is 0 Å². The van der Waals surface area contributed by atoms with Crippen LogP contribution in [0.1, 0.15) is 50.2 Å². The van der Waals surface area contributed by atoms with Crippen molar-refractivity contribution in [2.45, 2.75) is 58.2 Å². The average Bonchev–Trinajstić information content (AvgIpc) is 2.59. The molecule has 0 fully saturated rings. The van der Waals surface area contributed by atoms with Gasteiger partial charge in [0.1, 0.15) is 6.61 Å². The molecule has 4 heteroatoms. The summed E-state index contributed by atoms with van der Waals surface area (Å²) >= 11 is 0. The Morgan fingerprint density at radius 1 is 1.26 bits per heavy atom. The number of carbonyl (C=O) groups excluding carboxylic acids is 1. The van der Waals surface area contributed by atoms with Crippen LogP contribution in [0.15, 0.2) is 36.9 Å². The summed E-state index contributed by atoms with van der Waals surface area (Å²) in [7, 11) is 0. The highest BCUT2D eigenvalue weighted by Crippen LogP contribution is 2.09. The van der Waals surface area contributed by atoms with Gasteiger partial charge in [-0.2, -0.15) is 0 Å². The maximum atomic E-state index is 11.8. The predicted molar refractivity (Wildman–Crippen MR) is 94.9 cm³/mol. The van der Waals surface area contributed by atoms with E-state index in [1.807, 2.05) is 24.3 Å². The monoisotopic (exact) mass is 318 g/mol. The Morgan fingerprint density at radius 2 is 1.96 bits per heavy atom. The summed E-state index contributed by atoms with van der Waals surface area (Å²) in [5.74, 6) is -0.103. The van der Waals surface area contributed by atoms with Crippen LogP contribution in [0.2, 0.25) is 0 Å². The molecule has 1 unspecified atom stereocenters. The molecule has 1 rings (SSSR count). The lowest BCUT2D eigenvalue weighted by Crippen LogP contribution is -2.29. The summed E-state index contributed by atoms with van der Waals surface area (Å²) in [6, 6.07) is 7.90. The van der Waals surface area contributed by atoms with Crippen LogP contribution in [-0.4, -0.2) is 18.6 Å². The summed E-state index contributed by atoms with van der Waals surface area (Å²) in [5, 5.41) is 2.86. The van der Waals surface area contributed by atoms with Gasteiger partial charge in [0.15, 0.2) is 0 Å². The molecule has 0 saturated carbocycles. The number of ether oxygens (including phenoxy) is 1. The number of nitrogens with two attached hydrogens (primary N) is 1. The third kappa shape index (κ3) is 8.53. The van der Waals surface area contributed by atoms with Crippen LogP contribution in [0.3, 0.4) is 0 Å². The van der Waals surface area contributed by atoms with E-state index in [0.717, 1.165) is 24.0 Å². The fraction of sp³-hybridized carbons (Fsp3) is 0.526. The summed E-state index contributed by atoms with van der Waals surface area (Å²) in [5.41, 5.74) is 7.70. The molecule has 0 heterocycles. The summed E-state index contributed by atoms with van der Waals surface area (Å²) < 4.78 is 5.61. The minimum absolute atomic E-state index is 0.0403. The Bertz CT molecular complexity index is 457. The highest BCUT2D eigenvalue weighted by atomic mass is 16.5. The van der Waals surface area contributed by atoms with Gasteiger partial charge in [-0.15, -0.1) is 6.58 Å². The van der Waals surface area contributed by atoms with Gasteiger partial charge in [-0.25, -0.2) is 0 Å². The molecule has 0 aliphatic heterocycles. The van der Waals surface area contributed by atoms with Crippen molar-refractivity contribution in [1.82, 2.24) is 5.32 Å². The molecule has 0 aliphatic rings. The molecule has 1 aromatic rings. The molecule has 1 aromatic carbocycles. The van der Waals surface area contributed by atoms with Gasteiger partial charge in [-0.05, 0) is 17.5 Å². The lowest BCUT2D eigenvalue weighted by molar-refractivity contribution is -0.127. The van der Waals surface area contributed by atoms with E-state index in [-0.39, 0.29) is 18.6 Å². The first-order valence-electron chi connectivity index (χ1n) is 8.48. The Morgan fingerprint density at radius 3 is 2.57 bits per heavy atom. The zero-order chi connectivity index (χ0) is 16.9. The predicted octanol–water partition coefficient (Wildman–Crippen LogP) is 3.30. The number of nitrogens with one attached hydrogen (secondary N) is 1. The Balaban J connectivity index is 2.22. The van der Waals surface area contributed by atoms with Gasteiger partial charge in [0.2, 0.25) is 5.91 Å². The number of hydrogen-bond acceptors (Lipinski definition) is 3. The largest absolute Gasteiger partial charge is 0.364 e. The molecule has 0 spiro atoms. The summed E-state index contributed by atoms with van der Waals surface area (Å²) in [6.45, 7) is 7.08. The number of amides is 1. The van der Waals surface area contributed by atoms with E-state index in [1.54, 1.807) is 6.08 Å². The van der Waals surface area contributed by atoms with Crippen LogP contribution in [-0.2, 0) is 22.6 Å². The second-order valence-corrected chi connectivity index (χ2v) is 5.73. The van der Waals surface area contributed by atoms with Crippen molar-refractivity contribution in [3.8, 4) is 0 Å². The first kappa shape index (κ1) is 19.4. The number of unbranched alkanes of at least 4 members (excludes halogenated alkanes) is 3. The molecule has 0 aromatic heterocycles. The van der Waals surface area contributed by atoms with E-state index in [0.29, 0.717) is 13.1 Å². The molecule has 1 atom stereocenters. The maximum absolute atomic E-state index is 11.8. The van der Waals surface area contributed by atoms with E-state index in [1.165, 1.54) is 19.3 Å². The molecule has 0 aliphatic carbocycles. The Hall–Kier alpha value is -1.65. The summed E-state index contributed by atoms with van der Waals surface area (Å²) in [6.07, 6.45) is 7.44. The third-order valence-corrected chi connectivity index (χ3v) is 3.78. The SMILES string of the molecule is C=CC(CCCCCC)OCC(=O)NCc1ccc(CN)cc1. The number of hydrogen-bond donors (Lipinski definition) is 2. The fourth-order valence-corrected chi connectivity index (χ4v) is 2.27.